The van der Waals surface area contributed by atoms with Crippen LogP contribution in [0.5, 0.6) is 5.75 Å². The second-order valence-corrected chi connectivity index (χ2v) is 6.90. The summed E-state index contributed by atoms with van der Waals surface area (Å²) in [6.45, 7) is 5.23. The minimum Gasteiger partial charge on any atom is -0.497 e. The summed E-state index contributed by atoms with van der Waals surface area (Å²) in [5.41, 5.74) is 2.23. The number of rotatable bonds is 6. The normalized spacial score (nSPS) is 19.3. The number of aliphatic carboxylic acids is 1. The van der Waals surface area contributed by atoms with Gasteiger partial charge in [-0.15, -0.1) is 0 Å². The number of ether oxygens (including phenoxy) is 1. The molecule has 2 aromatic rings. The number of carboxylic acid groups (broad SMARTS) is 1. The van der Waals surface area contributed by atoms with E-state index in [0.29, 0.717) is 17.9 Å². The lowest BCUT2D eigenvalue weighted by Gasteiger charge is -2.17. The van der Waals surface area contributed by atoms with E-state index >= 15 is 0 Å². The molecule has 2 atom stereocenters. The van der Waals surface area contributed by atoms with Gasteiger partial charge in [0, 0.05) is 31.2 Å². The number of methoxy groups -OCH3 is 1. The zero-order valence-corrected chi connectivity index (χ0v) is 15.9. The van der Waals surface area contributed by atoms with Crippen molar-refractivity contribution < 1.29 is 19.4 Å². The van der Waals surface area contributed by atoms with Crippen LogP contribution in [0.1, 0.15) is 40.9 Å². The van der Waals surface area contributed by atoms with Gasteiger partial charge in [-0.2, -0.15) is 5.10 Å². The van der Waals surface area contributed by atoms with E-state index in [0.717, 1.165) is 24.2 Å². The van der Waals surface area contributed by atoms with E-state index in [9.17, 15) is 14.7 Å². The summed E-state index contributed by atoms with van der Waals surface area (Å²) in [7, 11) is 1.58. The second-order valence-electron chi connectivity index (χ2n) is 6.90. The summed E-state index contributed by atoms with van der Waals surface area (Å²) < 4.78 is 7.07. The Balaban J connectivity index is 1.86. The number of carbonyl (C=O) groups is 2. The number of aryl methyl sites for hydroxylation is 1. The maximum atomic E-state index is 13.0. The molecular formula is C20H25N3O4. The maximum absolute atomic E-state index is 13.0. The van der Waals surface area contributed by atoms with E-state index in [2.05, 4.69) is 12.0 Å². The zero-order chi connectivity index (χ0) is 19.6. The molecule has 1 aliphatic rings. The Morgan fingerprint density at radius 1 is 1.33 bits per heavy atom. The summed E-state index contributed by atoms with van der Waals surface area (Å²) in [6, 6.07) is 7.40. The summed E-state index contributed by atoms with van der Waals surface area (Å²) in [6.07, 6.45) is 2.51. The molecule has 1 aliphatic heterocycles. The molecule has 0 radical (unpaired) electrons. The first-order valence-electron chi connectivity index (χ1n) is 9.14. The average Bonchev–Trinajstić information content (AvgIpc) is 3.27. The first-order chi connectivity index (χ1) is 13.0. The summed E-state index contributed by atoms with van der Waals surface area (Å²) in [5, 5.41) is 14.0. The number of carbonyl (C=O) groups excluding carboxylic acids is 1. The Morgan fingerprint density at radius 2 is 2.11 bits per heavy atom. The topological polar surface area (TPSA) is 84.7 Å². The van der Waals surface area contributed by atoms with Crippen molar-refractivity contribution in [2.24, 2.45) is 5.92 Å². The second kappa shape index (κ2) is 7.82. The van der Waals surface area contributed by atoms with Crippen LogP contribution in [0, 0.1) is 12.8 Å². The lowest BCUT2D eigenvalue weighted by Crippen LogP contribution is -2.30. The summed E-state index contributed by atoms with van der Waals surface area (Å²) >= 11 is 0. The quantitative estimate of drug-likeness (QED) is 0.844. The number of amides is 1. The molecule has 7 nitrogen and oxygen atoms in total. The van der Waals surface area contributed by atoms with E-state index in [1.807, 2.05) is 35.9 Å². The van der Waals surface area contributed by atoms with Crippen molar-refractivity contribution in [1.29, 1.82) is 0 Å². The third-order valence-corrected chi connectivity index (χ3v) is 5.22. The van der Waals surface area contributed by atoms with Gasteiger partial charge in [-0.05, 0) is 31.0 Å². The van der Waals surface area contributed by atoms with Gasteiger partial charge in [0.2, 0.25) is 0 Å². The van der Waals surface area contributed by atoms with Crippen LogP contribution in [-0.4, -0.2) is 51.9 Å². The third-order valence-electron chi connectivity index (χ3n) is 5.22. The van der Waals surface area contributed by atoms with Crippen molar-refractivity contribution in [2.45, 2.75) is 32.7 Å². The van der Waals surface area contributed by atoms with Gasteiger partial charge < -0.3 is 14.7 Å². The third kappa shape index (κ3) is 3.67. The number of nitrogens with zero attached hydrogens (tertiary/aromatic N) is 3. The van der Waals surface area contributed by atoms with Gasteiger partial charge in [-0.3, -0.25) is 14.3 Å². The molecule has 2 unspecified atom stereocenters. The molecule has 1 saturated heterocycles. The SMILES string of the molecule is CCCn1ncc(C(=O)N2CC(C(=O)O)C(c3cccc(OC)c3)C2)c1C. The molecule has 144 valence electrons. The summed E-state index contributed by atoms with van der Waals surface area (Å²) in [4.78, 5) is 26.5. The molecule has 0 spiro atoms. The van der Waals surface area contributed by atoms with Gasteiger partial charge >= 0.3 is 5.97 Å². The van der Waals surface area contributed by atoms with Gasteiger partial charge in [0.1, 0.15) is 5.75 Å². The van der Waals surface area contributed by atoms with Crippen molar-refractivity contribution in [1.82, 2.24) is 14.7 Å². The van der Waals surface area contributed by atoms with E-state index in [4.69, 9.17) is 4.74 Å². The van der Waals surface area contributed by atoms with Crippen molar-refractivity contribution >= 4 is 11.9 Å². The van der Waals surface area contributed by atoms with Crippen molar-refractivity contribution in [3.05, 3.63) is 47.3 Å². The standard InChI is InChI=1S/C20H25N3O4/c1-4-8-23-13(2)16(10-21-23)19(24)22-11-17(18(12-22)20(25)26)14-6-5-7-15(9-14)27-3/h5-7,9-10,17-18H,4,8,11-12H2,1-3H3,(H,25,26). The molecule has 2 heterocycles. The molecule has 0 saturated carbocycles. The number of hydrogen-bond acceptors (Lipinski definition) is 4. The Morgan fingerprint density at radius 3 is 2.78 bits per heavy atom. The molecule has 1 aromatic heterocycles. The predicted molar refractivity (Wildman–Crippen MR) is 100 cm³/mol. The molecule has 1 N–H and O–H groups in total. The minimum absolute atomic E-state index is 0.161. The highest BCUT2D eigenvalue weighted by atomic mass is 16.5. The van der Waals surface area contributed by atoms with Crippen LogP contribution >= 0.6 is 0 Å². The van der Waals surface area contributed by atoms with Gasteiger partial charge in [-0.25, -0.2) is 0 Å². The molecule has 1 fully saturated rings. The predicted octanol–water partition coefficient (Wildman–Crippen LogP) is 2.55. The number of hydrogen-bond donors (Lipinski definition) is 1. The van der Waals surface area contributed by atoms with Crippen LogP contribution in [0.25, 0.3) is 0 Å². The fourth-order valence-electron chi connectivity index (χ4n) is 3.69. The monoisotopic (exact) mass is 371 g/mol. The van der Waals surface area contributed by atoms with Crippen molar-refractivity contribution in [2.75, 3.05) is 20.2 Å². The first-order valence-corrected chi connectivity index (χ1v) is 9.14. The number of carboxylic acids is 1. The number of aromatic nitrogens is 2. The van der Waals surface area contributed by atoms with Crippen LogP contribution in [0.4, 0.5) is 0 Å². The Hall–Kier alpha value is -2.83. The van der Waals surface area contributed by atoms with Gasteiger partial charge in [0.05, 0.1) is 24.8 Å². The van der Waals surface area contributed by atoms with Gasteiger partial charge in [-0.1, -0.05) is 19.1 Å². The number of benzene rings is 1. The highest BCUT2D eigenvalue weighted by molar-refractivity contribution is 5.95. The number of likely N-dealkylation sites (tertiary alicyclic amines) is 1. The van der Waals surface area contributed by atoms with E-state index in [1.54, 1.807) is 18.2 Å². The highest BCUT2D eigenvalue weighted by Gasteiger charge is 2.41. The minimum atomic E-state index is -0.892. The molecular weight excluding hydrogens is 346 g/mol. The molecule has 0 bridgehead atoms. The van der Waals surface area contributed by atoms with Crippen molar-refractivity contribution in [3.8, 4) is 5.75 Å². The fourth-order valence-corrected chi connectivity index (χ4v) is 3.69. The molecule has 27 heavy (non-hydrogen) atoms. The zero-order valence-electron chi connectivity index (χ0n) is 15.9. The fraction of sp³-hybridized carbons (Fsp3) is 0.450. The molecule has 7 heteroatoms. The van der Waals surface area contributed by atoms with Gasteiger partial charge in [0.15, 0.2) is 0 Å². The van der Waals surface area contributed by atoms with Crippen LogP contribution in [0.3, 0.4) is 0 Å². The van der Waals surface area contributed by atoms with Crippen LogP contribution in [0.2, 0.25) is 0 Å². The Bertz CT molecular complexity index is 846. The Labute approximate surface area is 158 Å². The molecule has 1 amide bonds. The smallest absolute Gasteiger partial charge is 0.308 e. The van der Waals surface area contributed by atoms with E-state index in [-0.39, 0.29) is 18.4 Å². The average molecular weight is 371 g/mol. The molecule has 0 aliphatic carbocycles. The van der Waals surface area contributed by atoms with Crippen LogP contribution < -0.4 is 4.74 Å². The molecule has 1 aromatic carbocycles. The lowest BCUT2D eigenvalue weighted by atomic mass is 9.89. The van der Waals surface area contributed by atoms with E-state index in [1.165, 1.54) is 0 Å². The summed E-state index contributed by atoms with van der Waals surface area (Å²) in [5.74, 6) is -1.29. The van der Waals surface area contributed by atoms with Crippen LogP contribution in [-0.2, 0) is 11.3 Å². The van der Waals surface area contributed by atoms with Gasteiger partial charge in [0.25, 0.3) is 5.91 Å². The maximum Gasteiger partial charge on any atom is 0.308 e. The van der Waals surface area contributed by atoms with Crippen molar-refractivity contribution in [3.63, 3.8) is 0 Å². The first kappa shape index (κ1) is 18.9. The largest absolute Gasteiger partial charge is 0.497 e. The lowest BCUT2D eigenvalue weighted by molar-refractivity contribution is -0.141. The van der Waals surface area contributed by atoms with E-state index < -0.39 is 11.9 Å². The highest BCUT2D eigenvalue weighted by Crippen LogP contribution is 2.35. The van der Waals surface area contributed by atoms with Crippen LogP contribution in [0.15, 0.2) is 30.5 Å². The molecule has 3 rings (SSSR count). The Kier molecular flexibility index (Phi) is 5.48.